The maximum absolute atomic E-state index is 13.5. The summed E-state index contributed by atoms with van der Waals surface area (Å²) in [4.78, 5) is 44.9. The van der Waals surface area contributed by atoms with E-state index in [0.717, 1.165) is 5.56 Å². The van der Waals surface area contributed by atoms with Gasteiger partial charge in [-0.2, -0.15) is 5.06 Å². The van der Waals surface area contributed by atoms with Crippen LogP contribution in [0.1, 0.15) is 36.6 Å². The van der Waals surface area contributed by atoms with E-state index in [4.69, 9.17) is 10.6 Å². The Balaban J connectivity index is 1.67. The number of fused-ring (bicyclic) bond motifs is 1. The number of hydroxylamine groups is 2. The Hall–Kier alpha value is -3.10. The van der Waals surface area contributed by atoms with Crippen molar-refractivity contribution in [1.82, 2.24) is 9.96 Å². The number of hydrogen-bond acceptors (Lipinski definition) is 5. The van der Waals surface area contributed by atoms with Crippen molar-refractivity contribution < 1.29 is 23.6 Å². The maximum atomic E-state index is 13.5. The van der Waals surface area contributed by atoms with Crippen molar-refractivity contribution in [2.24, 2.45) is 11.7 Å². The van der Waals surface area contributed by atoms with Gasteiger partial charge >= 0.3 is 0 Å². The van der Waals surface area contributed by atoms with Crippen LogP contribution in [0.2, 0.25) is 0 Å². The average molecular weight is 411 g/mol. The molecule has 2 aliphatic heterocycles. The molecule has 2 N–H and O–H groups in total. The van der Waals surface area contributed by atoms with Gasteiger partial charge in [-0.15, -0.1) is 0 Å². The molecule has 2 fully saturated rings. The molecule has 0 bridgehead atoms. The molecule has 30 heavy (non-hydrogen) atoms. The van der Waals surface area contributed by atoms with Crippen LogP contribution < -0.4 is 5.73 Å². The third kappa shape index (κ3) is 3.48. The summed E-state index contributed by atoms with van der Waals surface area (Å²) in [6, 6.07) is 13.9. The van der Waals surface area contributed by atoms with Gasteiger partial charge < -0.3 is 5.73 Å². The molecule has 156 valence electrons. The number of nitrogens with two attached hydrogens (primary N) is 1. The van der Waals surface area contributed by atoms with Gasteiger partial charge in [0.1, 0.15) is 5.82 Å². The number of primary amides is 1. The van der Waals surface area contributed by atoms with Crippen LogP contribution in [0.15, 0.2) is 54.6 Å². The lowest BCUT2D eigenvalue weighted by Gasteiger charge is -2.29. The molecule has 0 aliphatic carbocycles. The largest absolute Gasteiger partial charge is 0.370 e. The molecule has 4 rings (SSSR count). The standard InChI is InChI=1S/C22H22FN3O4/c1-13(14-5-3-2-4-6-14)26-21(28)18-19(15-7-9-16(23)10-8-15)25(12-11-17(24)27)30-20(18)22(26)29/h2-10,13,18-20H,11-12H2,1H3,(H2,24,27). The van der Waals surface area contributed by atoms with Crippen molar-refractivity contribution in [2.45, 2.75) is 31.5 Å². The summed E-state index contributed by atoms with van der Waals surface area (Å²) in [5.74, 6) is -2.49. The Kier molecular flexibility index (Phi) is 5.36. The summed E-state index contributed by atoms with van der Waals surface area (Å²) in [5, 5.41) is 1.45. The number of benzene rings is 2. The lowest BCUT2D eigenvalue weighted by molar-refractivity contribution is -0.181. The van der Waals surface area contributed by atoms with Gasteiger partial charge in [-0.05, 0) is 30.2 Å². The number of rotatable bonds is 6. The number of likely N-dealkylation sites (tertiary alicyclic amines) is 1. The minimum atomic E-state index is -0.994. The summed E-state index contributed by atoms with van der Waals surface area (Å²) in [6.07, 6.45) is -0.990. The molecule has 3 amide bonds. The number of imide groups is 1. The molecule has 2 heterocycles. The first-order chi connectivity index (χ1) is 14.4. The Morgan fingerprint density at radius 1 is 1.10 bits per heavy atom. The molecule has 2 aromatic carbocycles. The zero-order chi connectivity index (χ0) is 21.4. The quantitative estimate of drug-likeness (QED) is 0.735. The lowest BCUT2D eigenvalue weighted by atomic mass is 9.90. The first kappa shape index (κ1) is 20.2. The van der Waals surface area contributed by atoms with E-state index < -0.39 is 41.7 Å². The molecule has 4 unspecified atom stereocenters. The number of amides is 3. The van der Waals surface area contributed by atoms with Crippen LogP contribution in [0.3, 0.4) is 0 Å². The highest BCUT2D eigenvalue weighted by molar-refractivity contribution is 6.07. The highest BCUT2D eigenvalue weighted by Gasteiger charge is 2.60. The monoisotopic (exact) mass is 411 g/mol. The predicted octanol–water partition coefficient (Wildman–Crippen LogP) is 2.10. The van der Waals surface area contributed by atoms with Gasteiger partial charge in [0.15, 0.2) is 6.10 Å². The van der Waals surface area contributed by atoms with Gasteiger partial charge in [-0.1, -0.05) is 42.5 Å². The molecule has 4 atom stereocenters. The maximum Gasteiger partial charge on any atom is 0.261 e. The Morgan fingerprint density at radius 3 is 2.40 bits per heavy atom. The molecular formula is C22H22FN3O4. The third-order valence-corrected chi connectivity index (χ3v) is 5.69. The van der Waals surface area contributed by atoms with Crippen LogP contribution in [0.5, 0.6) is 0 Å². The zero-order valence-corrected chi connectivity index (χ0v) is 16.4. The van der Waals surface area contributed by atoms with Crippen LogP contribution in [0, 0.1) is 11.7 Å². The summed E-state index contributed by atoms with van der Waals surface area (Å²) >= 11 is 0. The van der Waals surface area contributed by atoms with Crippen molar-refractivity contribution in [3.63, 3.8) is 0 Å². The van der Waals surface area contributed by atoms with E-state index in [1.54, 1.807) is 19.1 Å². The van der Waals surface area contributed by atoms with E-state index in [2.05, 4.69) is 0 Å². The van der Waals surface area contributed by atoms with Gasteiger partial charge in [0.2, 0.25) is 11.8 Å². The van der Waals surface area contributed by atoms with Crippen molar-refractivity contribution in [3.8, 4) is 0 Å². The molecule has 0 radical (unpaired) electrons. The Morgan fingerprint density at radius 2 is 1.77 bits per heavy atom. The van der Waals surface area contributed by atoms with Crippen LogP contribution in [0.25, 0.3) is 0 Å². The second kappa shape index (κ2) is 7.97. The Labute approximate surface area is 173 Å². The molecule has 0 spiro atoms. The van der Waals surface area contributed by atoms with E-state index in [9.17, 15) is 18.8 Å². The van der Waals surface area contributed by atoms with E-state index in [-0.39, 0.29) is 18.9 Å². The van der Waals surface area contributed by atoms with E-state index in [1.165, 1.54) is 22.1 Å². The lowest BCUT2D eigenvalue weighted by Crippen LogP contribution is -2.39. The summed E-state index contributed by atoms with van der Waals surface area (Å²) in [6.45, 7) is 1.92. The van der Waals surface area contributed by atoms with Crippen LogP contribution in [-0.4, -0.2) is 40.3 Å². The van der Waals surface area contributed by atoms with Gasteiger partial charge in [-0.25, -0.2) is 4.39 Å². The topological polar surface area (TPSA) is 92.9 Å². The highest BCUT2D eigenvalue weighted by atomic mass is 19.1. The van der Waals surface area contributed by atoms with Crippen LogP contribution >= 0.6 is 0 Å². The zero-order valence-electron chi connectivity index (χ0n) is 16.4. The number of hydrogen-bond donors (Lipinski definition) is 1. The highest BCUT2D eigenvalue weighted by Crippen LogP contribution is 2.46. The van der Waals surface area contributed by atoms with Gasteiger partial charge in [0, 0.05) is 13.0 Å². The smallest absolute Gasteiger partial charge is 0.261 e. The molecule has 2 aliphatic rings. The van der Waals surface area contributed by atoms with Gasteiger partial charge in [0.05, 0.1) is 18.0 Å². The van der Waals surface area contributed by atoms with Crippen molar-refractivity contribution in [1.29, 1.82) is 0 Å². The predicted molar refractivity (Wildman–Crippen MR) is 105 cm³/mol. The van der Waals surface area contributed by atoms with Gasteiger partial charge in [-0.3, -0.25) is 24.1 Å². The van der Waals surface area contributed by atoms with E-state index in [1.807, 2.05) is 30.3 Å². The number of nitrogens with zero attached hydrogens (tertiary/aromatic N) is 2. The molecular weight excluding hydrogens is 389 g/mol. The number of carbonyl (C=O) groups excluding carboxylic acids is 3. The molecule has 0 saturated carbocycles. The number of carbonyl (C=O) groups is 3. The SMILES string of the molecule is CC(c1ccccc1)N1C(=O)C2ON(CCC(N)=O)C(c3ccc(F)cc3)C2C1=O. The normalized spacial score (nSPS) is 24.9. The van der Waals surface area contributed by atoms with Crippen molar-refractivity contribution in [2.75, 3.05) is 6.54 Å². The van der Waals surface area contributed by atoms with Crippen LogP contribution in [0.4, 0.5) is 4.39 Å². The first-order valence-electron chi connectivity index (χ1n) is 9.77. The molecule has 8 heteroatoms. The summed E-state index contributed by atoms with van der Waals surface area (Å²) < 4.78 is 13.5. The molecule has 0 aromatic heterocycles. The van der Waals surface area contributed by atoms with E-state index >= 15 is 0 Å². The molecule has 7 nitrogen and oxygen atoms in total. The molecule has 2 saturated heterocycles. The first-order valence-corrected chi connectivity index (χ1v) is 9.77. The fourth-order valence-corrected chi connectivity index (χ4v) is 4.20. The van der Waals surface area contributed by atoms with E-state index in [0.29, 0.717) is 5.56 Å². The second-order valence-corrected chi connectivity index (χ2v) is 7.54. The van der Waals surface area contributed by atoms with Crippen molar-refractivity contribution >= 4 is 17.7 Å². The third-order valence-electron chi connectivity index (χ3n) is 5.69. The Bertz CT molecular complexity index is 966. The van der Waals surface area contributed by atoms with Crippen molar-refractivity contribution in [3.05, 3.63) is 71.5 Å². The average Bonchev–Trinajstić information content (AvgIpc) is 3.23. The fourth-order valence-electron chi connectivity index (χ4n) is 4.20. The minimum Gasteiger partial charge on any atom is -0.370 e. The summed E-state index contributed by atoms with van der Waals surface area (Å²) in [7, 11) is 0. The van der Waals surface area contributed by atoms with Crippen LogP contribution in [-0.2, 0) is 19.2 Å². The summed E-state index contributed by atoms with van der Waals surface area (Å²) in [5.41, 5.74) is 6.72. The van der Waals surface area contributed by atoms with Gasteiger partial charge in [0.25, 0.3) is 5.91 Å². The second-order valence-electron chi connectivity index (χ2n) is 7.54. The minimum absolute atomic E-state index is 0.00362. The fraction of sp³-hybridized carbons (Fsp3) is 0.318. The number of halogens is 1. The molecule has 2 aromatic rings.